The minimum absolute atomic E-state index is 0. The highest BCUT2D eigenvalue weighted by atomic mass is 127. The number of rotatable bonds is 5. The summed E-state index contributed by atoms with van der Waals surface area (Å²) in [5.41, 5.74) is 1.12. The van der Waals surface area contributed by atoms with Gasteiger partial charge in [0, 0.05) is 24.6 Å². The predicted molar refractivity (Wildman–Crippen MR) is 108 cm³/mol. The molecule has 1 unspecified atom stereocenters. The lowest BCUT2D eigenvalue weighted by atomic mass is 10.1. The molecule has 1 heterocycles. The number of nitrogens with zero attached hydrogens (tertiary/aromatic N) is 2. The maximum Gasteiger partial charge on any atom is 0.324 e. The average molecular weight is 510 g/mol. The van der Waals surface area contributed by atoms with E-state index in [4.69, 9.17) is 0 Å². The summed E-state index contributed by atoms with van der Waals surface area (Å²) >= 11 is 3.53. The van der Waals surface area contributed by atoms with Gasteiger partial charge < -0.3 is 16.0 Å². The number of aliphatic imine (C=N–C) groups is 1. The van der Waals surface area contributed by atoms with Gasteiger partial charge >= 0.3 is 6.03 Å². The van der Waals surface area contributed by atoms with Gasteiger partial charge in [-0.2, -0.15) is 0 Å². The fourth-order valence-corrected chi connectivity index (χ4v) is 2.90. The van der Waals surface area contributed by atoms with Crippen LogP contribution >= 0.6 is 39.9 Å². The molecule has 1 atom stereocenters. The monoisotopic (exact) mass is 509 g/mol. The minimum Gasteiger partial charge on any atom is -0.355 e. The SMILES string of the molecule is CN=C(NCCN1C(=O)CNC1=O)NC(C)c1ccccc1Br.I. The fraction of sp³-hybridized carbons (Fsp3) is 0.400. The normalized spacial score (nSPS) is 15.6. The van der Waals surface area contributed by atoms with Crippen molar-refractivity contribution in [1.29, 1.82) is 0 Å². The van der Waals surface area contributed by atoms with Crippen LogP contribution in [0.2, 0.25) is 0 Å². The van der Waals surface area contributed by atoms with Gasteiger partial charge in [0.2, 0.25) is 5.91 Å². The number of hydrogen-bond donors (Lipinski definition) is 3. The first-order chi connectivity index (χ1) is 11.0. The molecule has 1 saturated heterocycles. The highest BCUT2D eigenvalue weighted by molar-refractivity contribution is 14.0. The molecular weight excluding hydrogens is 489 g/mol. The van der Waals surface area contributed by atoms with Gasteiger partial charge in [-0.1, -0.05) is 34.1 Å². The molecule has 0 bridgehead atoms. The standard InChI is InChI=1S/C15H20BrN5O2.HI/c1-10(11-5-3-4-6-12(11)16)20-14(17-2)18-7-8-21-13(22)9-19-15(21)23;/h3-6,10H,7-9H2,1-2H3,(H,19,23)(H2,17,18,20);1H. The Bertz CT molecular complexity index is 610. The summed E-state index contributed by atoms with van der Waals surface area (Å²) in [6.07, 6.45) is 0. The fourth-order valence-electron chi connectivity index (χ4n) is 2.27. The number of imide groups is 1. The molecule has 0 spiro atoms. The van der Waals surface area contributed by atoms with Crippen LogP contribution in [0.5, 0.6) is 0 Å². The van der Waals surface area contributed by atoms with Crippen molar-refractivity contribution in [2.24, 2.45) is 4.99 Å². The van der Waals surface area contributed by atoms with Crippen LogP contribution in [0.25, 0.3) is 0 Å². The average Bonchev–Trinajstić information content (AvgIpc) is 2.85. The van der Waals surface area contributed by atoms with E-state index in [1.807, 2.05) is 31.2 Å². The molecular formula is C15H21BrIN5O2. The number of amides is 3. The molecule has 7 nitrogen and oxygen atoms in total. The Labute approximate surface area is 166 Å². The van der Waals surface area contributed by atoms with Crippen LogP contribution in [-0.4, -0.2) is 49.5 Å². The first-order valence-corrected chi connectivity index (χ1v) is 8.12. The van der Waals surface area contributed by atoms with Gasteiger partial charge in [0.25, 0.3) is 0 Å². The minimum atomic E-state index is -0.346. The lowest BCUT2D eigenvalue weighted by Gasteiger charge is -2.20. The number of carbonyl (C=O) groups excluding carboxylic acids is 2. The van der Waals surface area contributed by atoms with Crippen molar-refractivity contribution in [2.45, 2.75) is 13.0 Å². The van der Waals surface area contributed by atoms with Crippen LogP contribution < -0.4 is 16.0 Å². The lowest BCUT2D eigenvalue weighted by Crippen LogP contribution is -2.43. The zero-order valence-corrected chi connectivity index (χ0v) is 17.4. The lowest BCUT2D eigenvalue weighted by molar-refractivity contribution is -0.124. The molecule has 1 fully saturated rings. The maximum atomic E-state index is 11.5. The highest BCUT2D eigenvalue weighted by Crippen LogP contribution is 2.22. The van der Waals surface area contributed by atoms with Crippen LogP contribution in [0.3, 0.4) is 0 Å². The molecule has 132 valence electrons. The summed E-state index contributed by atoms with van der Waals surface area (Å²) in [4.78, 5) is 28.3. The molecule has 3 amide bonds. The van der Waals surface area contributed by atoms with Crippen LogP contribution in [0.15, 0.2) is 33.7 Å². The first kappa shape index (κ1) is 20.7. The number of guanidine groups is 1. The number of halogens is 2. The van der Waals surface area contributed by atoms with E-state index in [2.05, 4.69) is 36.9 Å². The van der Waals surface area contributed by atoms with Gasteiger partial charge in [-0.15, -0.1) is 24.0 Å². The Kier molecular flexibility index (Phi) is 8.46. The van der Waals surface area contributed by atoms with Crippen LogP contribution in [0.1, 0.15) is 18.5 Å². The van der Waals surface area contributed by atoms with Crippen molar-refractivity contribution >= 4 is 57.8 Å². The van der Waals surface area contributed by atoms with E-state index in [-0.39, 0.29) is 48.5 Å². The predicted octanol–water partition coefficient (Wildman–Crippen LogP) is 1.84. The van der Waals surface area contributed by atoms with E-state index in [1.165, 1.54) is 4.90 Å². The van der Waals surface area contributed by atoms with Crippen molar-refractivity contribution in [3.05, 3.63) is 34.3 Å². The van der Waals surface area contributed by atoms with Crippen LogP contribution in [-0.2, 0) is 4.79 Å². The third-order valence-electron chi connectivity index (χ3n) is 3.51. The van der Waals surface area contributed by atoms with E-state index in [9.17, 15) is 9.59 Å². The largest absolute Gasteiger partial charge is 0.355 e. The molecule has 0 radical (unpaired) electrons. The second-order valence-corrected chi connectivity index (χ2v) is 5.94. The van der Waals surface area contributed by atoms with Crippen molar-refractivity contribution in [2.75, 3.05) is 26.7 Å². The van der Waals surface area contributed by atoms with Gasteiger partial charge in [-0.25, -0.2) is 4.79 Å². The Morgan fingerprint density at radius 3 is 2.71 bits per heavy atom. The van der Waals surface area contributed by atoms with Crippen molar-refractivity contribution in [3.8, 4) is 0 Å². The molecule has 0 aromatic heterocycles. The second-order valence-electron chi connectivity index (χ2n) is 5.09. The number of benzene rings is 1. The van der Waals surface area contributed by atoms with E-state index in [0.29, 0.717) is 19.0 Å². The highest BCUT2D eigenvalue weighted by Gasteiger charge is 2.27. The van der Waals surface area contributed by atoms with Crippen molar-refractivity contribution in [3.63, 3.8) is 0 Å². The quantitative estimate of drug-likeness (QED) is 0.245. The third kappa shape index (κ3) is 5.33. The summed E-state index contributed by atoms with van der Waals surface area (Å²) < 4.78 is 1.02. The molecule has 1 aromatic rings. The van der Waals surface area contributed by atoms with E-state index >= 15 is 0 Å². The summed E-state index contributed by atoms with van der Waals surface area (Å²) in [6.45, 7) is 2.84. The van der Waals surface area contributed by atoms with Crippen molar-refractivity contribution in [1.82, 2.24) is 20.9 Å². The summed E-state index contributed by atoms with van der Waals surface area (Å²) in [7, 11) is 1.68. The molecule has 0 saturated carbocycles. The first-order valence-electron chi connectivity index (χ1n) is 7.32. The van der Waals surface area contributed by atoms with E-state index in [1.54, 1.807) is 7.05 Å². The Balaban J connectivity index is 0.00000288. The number of urea groups is 1. The van der Waals surface area contributed by atoms with Gasteiger partial charge in [-0.3, -0.25) is 14.7 Å². The summed E-state index contributed by atoms with van der Waals surface area (Å²) in [5.74, 6) is 0.404. The molecule has 24 heavy (non-hydrogen) atoms. The third-order valence-corrected chi connectivity index (χ3v) is 4.24. The molecule has 1 aliphatic rings. The topological polar surface area (TPSA) is 85.8 Å². The molecule has 1 aliphatic heterocycles. The number of carbonyl (C=O) groups is 2. The zero-order valence-electron chi connectivity index (χ0n) is 13.5. The Morgan fingerprint density at radius 1 is 1.42 bits per heavy atom. The molecule has 9 heteroatoms. The number of nitrogens with one attached hydrogen (secondary N) is 3. The van der Waals surface area contributed by atoms with Gasteiger partial charge in [0.05, 0.1) is 12.6 Å². The Hall–Kier alpha value is -1.36. The molecule has 1 aromatic carbocycles. The smallest absolute Gasteiger partial charge is 0.324 e. The summed E-state index contributed by atoms with van der Waals surface area (Å²) in [5, 5.41) is 8.87. The van der Waals surface area contributed by atoms with Gasteiger partial charge in [0.1, 0.15) is 0 Å². The van der Waals surface area contributed by atoms with Crippen LogP contribution in [0.4, 0.5) is 4.79 Å². The van der Waals surface area contributed by atoms with Gasteiger partial charge in [0.15, 0.2) is 5.96 Å². The number of hydrogen-bond acceptors (Lipinski definition) is 3. The molecule has 3 N–H and O–H groups in total. The van der Waals surface area contributed by atoms with Crippen LogP contribution in [0, 0.1) is 0 Å². The maximum absolute atomic E-state index is 11.5. The van der Waals surface area contributed by atoms with Gasteiger partial charge in [-0.05, 0) is 18.6 Å². The summed E-state index contributed by atoms with van der Waals surface area (Å²) in [6, 6.07) is 7.66. The molecule has 2 rings (SSSR count). The van der Waals surface area contributed by atoms with Crippen molar-refractivity contribution < 1.29 is 9.59 Å². The Morgan fingerprint density at radius 2 is 2.12 bits per heavy atom. The second kappa shape index (κ2) is 9.82. The zero-order chi connectivity index (χ0) is 16.8. The van der Waals surface area contributed by atoms with E-state index in [0.717, 1.165) is 10.0 Å². The van der Waals surface area contributed by atoms with E-state index < -0.39 is 0 Å². The molecule has 0 aliphatic carbocycles.